The van der Waals surface area contributed by atoms with E-state index in [4.69, 9.17) is 0 Å². The number of rotatable bonds is 6. The molecule has 1 amide bonds. The van der Waals surface area contributed by atoms with Crippen molar-refractivity contribution in [1.82, 2.24) is 4.98 Å². The Balaban J connectivity index is 2.40. The van der Waals surface area contributed by atoms with Crippen LogP contribution < -0.4 is 5.32 Å². The normalized spacial score (nSPS) is 13.4. The number of halogens is 4. The summed E-state index contributed by atoms with van der Waals surface area (Å²) in [7, 11) is 0. The maximum absolute atomic E-state index is 13.1. The summed E-state index contributed by atoms with van der Waals surface area (Å²) in [6, 6.07) is 4.69. The van der Waals surface area contributed by atoms with Crippen molar-refractivity contribution in [2.75, 3.05) is 5.32 Å². The van der Waals surface area contributed by atoms with Crippen molar-refractivity contribution >= 4 is 22.4 Å². The summed E-state index contributed by atoms with van der Waals surface area (Å²) in [5.74, 6) is -0.490. The topological polar surface area (TPSA) is 62.2 Å². The van der Waals surface area contributed by atoms with Gasteiger partial charge in [-0.05, 0) is 44.5 Å². The van der Waals surface area contributed by atoms with Crippen molar-refractivity contribution in [3.8, 4) is 10.4 Å². The lowest BCUT2D eigenvalue weighted by atomic mass is 10.00. The van der Waals surface area contributed by atoms with Crippen LogP contribution in [0.15, 0.2) is 60.5 Å². The molecule has 0 unspecified atom stereocenters. The Morgan fingerprint density at radius 2 is 1.90 bits per heavy atom. The standard InChI is InChI=1S/C21H20F4N2O2S/c1-13(8-5-4-6-11-22)18(28)27-19-26-17(20(2,3)29)16(30-19)14-9-7-10-15(12-14)21(23,24)25/h4-12,29H,1-3H3,(H,26,27,28)/b5-4-,11-6+,13-8+. The molecule has 0 aliphatic rings. The summed E-state index contributed by atoms with van der Waals surface area (Å²) in [6.45, 7) is 4.45. The second-order valence-corrected chi connectivity index (χ2v) is 7.84. The van der Waals surface area contributed by atoms with Crippen molar-refractivity contribution < 1.29 is 27.5 Å². The minimum absolute atomic E-state index is 0.130. The number of carbonyl (C=O) groups excluding carboxylic acids is 1. The third kappa shape index (κ3) is 6.11. The first kappa shape index (κ1) is 23.5. The van der Waals surface area contributed by atoms with Gasteiger partial charge in [0.15, 0.2) is 5.13 Å². The van der Waals surface area contributed by atoms with Crippen LogP contribution in [0.5, 0.6) is 0 Å². The van der Waals surface area contributed by atoms with Gasteiger partial charge >= 0.3 is 6.18 Å². The Hall–Kier alpha value is -2.78. The molecule has 2 N–H and O–H groups in total. The summed E-state index contributed by atoms with van der Waals surface area (Å²) in [6.07, 6.45) is 1.33. The summed E-state index contributed by atoms with van der Waals surface area (Å²) in [4.78, 5) is 16.9. The van der Waals surface area contributed by atoms with Crippen LogP contribution in [-0.2, 0) is 16.6 Å². The molecule has 2 rings (SSSR count). The van der Waals surface area contributed by atoms with E-state index >= 15 is 0 Å². The van der Waals surface area contributed by atoms with Crippen LogP contribution in [-0.4, -0.2) is 16.0 Å². The molecule has 0 aliphatic carbocycles. The SMILES string of the molecule is C\C(=C/C=C\C=C\F)C(=O)Nc1nc(C(C)(C)O)c(-c2cccc(C(F)(F)F)c2)s1. The average Bonchev–Trinajstić information content (AvgIpc) is 3.09. The number of thiazole rings is 1. The van der Waals surface area contributed by atoms with Gasteiger partial charge in [0.25, 0.3) is 5.91 Å². The van der Waals surface area contributed by atoms with Crippen molar-refractivity contribution in [1.29, 1.82) is 0 Å². The van der Waals surface area contributed by atoms with Crippen molar-refractivity contribution in [3.05, 3.63) is 71.7 Å². The number of hydrogen-bond acceptors (Lipinski definition) is 4. The van der Waals surface area contributed by atoms with Crippen LogP contribution in [0.1, 0.15) is 32.0 Å². The molecule has 0 spiro atoms. The van der Waals surface area contributed by atoms with E-state index in [0.717, 1.165) is 29.5 Å². The van der Waals surface area contributed by atoms with Gasteiger partial charge in [-0.3, -0.25) is 10.1 Å². The number of nitrogens with one attached hydrogen (secondary N) is 1. The molecule has 30 heavy (non-hydrogen) atoms. The maximum atomic E-state index is 13.1. The van der Waals surface area contributed by atoms with Crippen LogP contribution in [0.25, 0.3) is 10.4 Å². The lowest BCUT2D eigenvalue weighted by molar-refractivity contribution is -0.137. The zero-order chi connectivity index (χ0) is 22.5. The van der Waals surface area contributed by atoms with Gasteiger partial charge in [-0.1, -0.05) is 41.7 Å². The number of alkyl halides is 3. The summed E-state index contributed by atoms with van der Waals surface area (Å²) >= 11 is 0.960. The Kier molecular flexibility index (Phi) is 7.33. The zero-order valence-electron chi connectivity index (χ0n) is 16.4. The number of carbonyl (C=O) groups is 1. The molecular formula is C21H20F4N2O2S. The van der Waals surface area contributed by atoms with E-state index in [1.165, 1.54) is 51.1 Å². The van der Waals surface area contributed by atoms with Crippen LogP contribution in [0.3, 0.4) is 0 Å². The third-order valence-electron chi connectivity index (χ3n) is 3.88. The number of aromatic nitrogens is 1. The molecule has 1 heterocycles. The second kappa shape index (κ2) is 9.36. The van der Waals surface area contributed by atoms with Gasteiger partial charge in [0, 0.05) is 5.57 Å². The highest BCUT2D eigenvalue weighted by Crippen LogP contribution is 2.40. The number of aliphatic hydroxyl groups is 1. The molecule has 4 nitrogen and oxygen atoms in total. The van der Waals surface area contributed by atoms with Crippen LogP contribution in [0, 0.1) is 0 Å². The fourth-order valence-electron chi connectivity index (χ4n) is 2.40. The minimum Gasteiger partial charge on any atom is -0.384 e. The van der Waals surface area contributed by atoms with Crippen LogP contribution in [0.4, 0.5) is 22.7 Å². The highest BCUT2D eigenvalue weighted by molar-refractivity contribution is 7.19. The van der Waals surface area contributed by atoms with Gasteiger partial charge in [0.05, 0.1) is 22.5 Å². The van der Waals surface area contributed by atoms with Crippen molar-refractivity contribution in [3.63, 3.8) is 0 Å². The highest BCUT2D eigenvalue weighted by atomic mass is 32.1. The lowest BCUT2D eigenvalue weighted by Crippen LogP contribution is -2.18. The van der Waals surface area contributed by atoms with Crippen molar-refractivity contribution in [2.45, 2.75) is 32.5 Å². The van der Waals surface area contributed by atoms with E-state index in [0.29, 0.717) is 16.8 Å². The number of benzene rings is 1. The van der Waals surface area contributed by atoms with Crippen molar-refractivity contribution in [2.24, 2.45) is 0 Å². The largest absolute Gasteiger partial charge is 0.416 e. The monoisotopic (exact) mass is 440 g/mol. The van der Waals surface area contributed by atoms with Gasteiger partial charge < -0.3 is 5.11 Å². The fourth-order valence-corrected chi connectivity index (χ4v) is 3.51. The quantitative estimate of drug-likeness (QED) is 0.330. The number of allylic oxidation sites excluding steroid dienone is 4. The zero-order valence-corrected chi connectivity index (χ0v) is 17.2. The summed E-state index contributed by atoms with van der Waals surface area (Å²) < 4.78 is 51.1. The lowest BCUT2D eigenvalue weighted by Gasteiger charge is -2.17. The Morgan fingerprint density at radius 1 is 1.20 bits per heavy atom. The van der Waals surface area contributed by atoms with E-state index in [-0.39, 0.29) is 16.4 Å². The number of nitrogens with zero attached hydrogens (tertiary/aromatic N) is 1. The van der Waals surface area contributed by atoms with E-state index in [9.17, 15) is 27.5 Å². The second-order valence-electron chi connectivity index (χ2n) is 6.84. The predicted octanol–water partition coefficient (Wildman–Crippen LogP) is 5.98. The minimum atomic E-state index is -4.51. The Labute approximate surface area is 175 Å². The molecule has 0 saturated heterocycles. The van der Waals surface area contributed by atoms with E-state index in [2.05, 4.69) is 10.3 Å². The molecule has 0 atom stereocenters. The Bertz CT molecular complexity index is 999. The molecule has 2 aromatic rings. The number of anilines is 1. The first-order valence-electron chi connectivity index (χ1n) is 8.76. The average molecular weight is 440 g/mol. The Morgan fingerprint density at radius 3 is 2.50 bits per heavy atom. The molecule has 0 bridgehead atoms. The third-order valence-corrected chi connectivity index (χ3v) is 4.90. The molecule has 1 aromatic heterocycles. The molecule has 0 aliphatic heterocycles. The molecular weight excluding hydrogens is 420 g/mol. The first-order valence-corrected chi connectivity index (χ1v) is 9.58. The molecule has 9 heteroatoms. The van der Waals surface area contributed by atoms with Gasteiger partial charge in [-0.25, -0.2) is 9.37 Å². The van der Waals surface area contributed by atoms with Gasteiger partial charge in [0.2, 0.25) is 0 Å². The smallest absolute Gasteiger partial charge is 0.384 e. The predicted molar refractivity (Wildman–Crippen MR) is 110 cm³/mol. The van der Waals surface area contributed by atoms with Gasteiger partial charge in [-0.2, -0.15) is 13.2 Å². The van der Waals surface area contributed by atoms with Crippen LogP contribution in [0.2, 0.25) is 0 Å². The molecule has 0 fully saturated rings. The number of hydrogen-bond donors (Lipinski definition) is 2. The first-order chi connectivity index (χ1) is 13.9. The number of amides is 1. The fraction of sp³-hybridized carbons (Fsp3) is 0.238. The van der Waals surface area contributed by atoms with Gasteiger partial charge in [-0.15, -0.1) is 0 Å². The molecule has 1 aromatic carbocycles. The summed E-state index contributed by atoms with van der Waals surface area (Å²) in [5, 5.41) is 13.1. The maximum Gasteiger partial charge on any atom is 0.416 e. The molecule has 0 saturated carbocycles. The van der Waals surface area contributed by atoms with Gasteiger partial charge in [0.1, 0.15) is 5.60 Å². The molecule has 160 valence electrons. The molecule has 0 radical (unpaired) electrons. The summed E-state index contributed by atoms with van der Waals surface area (Å²) in [5.41, 5.74) is -1.59. The highest BCUT2D eigenvalue weighted by Gasteiger charge is 2.32. The van der Waals surface area contributed by atoms with E-state index in [1.54, 1.807) is 0 Å². The van der Waals surface area contributed by atoms with E-state index < -0.39 is 23.2 Å². The van der Waals surface area contributed by atoms with Crippen LogP contribution >= 0.6 is 11.3 Å². The van der Waals surface area contributed by atoms with E-state index in [1.807, 2.05) is 0 Å².